The summed E-state index contributed by atoms with van der Waals surface area (Å²) in [4.78, 5) is 0. The topological polar surface area (TPSA) is 56.5 Å². The second-order valence-electron chi connectivity index (χ2n) is 3.74. The standard InChI is InChI=1S/C11H28N2O2Si/c1-5-11(13-10-9-12)16(8-4,14-6-2)15-7-3/h11,13H,5-10,12H2,1-4H3. The summed E-state index contributed by atoms with van der Waals surface area (Å²) in [6.07, 6.45) is 1.03. The van der Waals surface area contributed by atoms with Crippen molar-refractivity contribution in [1.82, 2.24) is 5.32 Å². The van der Waals surface area contributed by atoms with E-state index in [1.54, 1.807) is 0 Å². The smallest absolute Gasteiger partial charge is 0.355 e. The first-order chi connectivity index (χ1) is 7.70. The summed E-state index contributed by atoms with van der Waals surface area (Å²) in [6.45, 7) is 11.3. The highest BCUT2D eigenvalue weighted by molar-refractivity contribution is 6.69. The first kappa shape index (κ1) is 16.1. The van der Waals surface area contributed by atoms with Crippen molar-refractivity contribution in [1.29, 1.82) is 0 Å². The van der Waals surface area contributed by atoms with Gasteiger partial charge in [-0.25, -0.2) is 0 Å². The molecule has 0 aliphatic carbocycles. The SMILES string of the molecule is CCO[Si](CC)(OCC)C(CC)NCCN. The van der Waals surface area contributed by atoms with Crippen LogP contribution in [0.15, 0.2) is 0 Å². The van der Waals surface area contributed by atoms with E-state index in [0.717, 1.165) is 32.2 Å². The average Bonchev–Trinajstić information content (AvgIpc) is 2.30. The van der Waals surface area contributed by atoms with Gasteiger partial charge in [-0.05, 0) is 26.3 Å². The van der Waals surface area contributed by atoms with E-state index in [9.17, 15) is 0 Å². The van der Waals surface area contributed by atoms with Gasteiger partial charge in [-0.2, -0.15) is 0 Å². The maximum atomic E-state index is 5.98. The monoisotopic (exact) mass is 248 g/mol. The van der Waals surface area contributed by atoms with Gasteiger partial charge in [0.15, 0.2) is 0 Å². The molecule has 0 aromatic heterocycles. The van der Waals surface area contributed by atoms with Crippen molar-refractivity contribution in [3.8, 4) is 0 Å². The lowest BCUT2D eigenvalue weighted by Gasteiger charge is -2.36. The summed E-state index contributed by atoms with van der Waals surface area (Å²) >= 11 is 0. The minimum Gasteiger partial charge on any atom is -0.394 e. The van der Waals surface area contributed by atoms with Crippen LogP contribution in [0.2, 0.25) is 6.04 Å². The van der Waals surface area contributed by atoms with Crippen molar-refractivity contribution in [2.75, 3.05) is 26.3 Å². The van der Waals surface area contributed by atoms with E-state index >= 15 is 0 Å². The van der Waals surface area contributed by atoms with Crippen LogP contribution in [0.3, 0.4) is 0 Å². The molecule has 16 heavy (non-hydrogen) atoms. The molecule has 0 saturated carbocycles. The third-order valence-electron chi connectivity index (χ3n) is 2.74. The molecule has 0 aliphatic rings. The molecular formula is C11H28N2O2Si. The predicted molar refractivity (Wildman–Crippen MR) is 70.6 cm³/mol. The zero-order chi connectivity index (χ0) is 12.4. The fraction of sp³-hybridized carbons (Fsp3) is 1.00. The van der Waals surface area contributed by atoms with Crippen LogP contribution in [-0.2, 0) is 8.85 Å². The Balaban J connectivity index is 4.63. The van der Waals surface area contributed by atoms with Gasteiger partial charge >= 0.3 is 8.56 Å². The van der Waals surface area contributed by atoms with E-state index in [4.69, 9.17) is 14.6 Å². The van der Waals surface area contributed by atoms with E-state index in [2.05, 4.69) is 19.2 Å². The highest BCUT2D eigenvalue weighted by atomic mass is 28.4. The molecule has 98 valence electrons. The maximum absolute atomic E-state index is 5.98. The van der Waals surface area contributed by atoms with Gasteiger partial charge in [0.2, 0.25) is 0 Å². The Morgan fingerprint density at radius 3 is 2.00 bits per heavy atom. The van der Waals surface area contributed by atoms with E-state index in [1.165, 1.54) is 0 Å². The van der Waals surface area contributed by atoms with Gasteiger partial charge in [0.05, 0.1) is 5.67 Å². The Morgan fingerprint density at radius 1 is 1.12 bits per heavy atom. The van der Waals surface area contributed by atoms with Crippen LogP contribution in [0.5, 0.6) is 0 Å². The second kappa shape index (κ2) is 9.12. The van der Waals surface area contributed by atoms with Crippen molar-refractivity contribution in [3.63, 3.8) is 0 Å². The van der Waals surface area contributed by atoms with Crippen molar-refractivity contribution in [2.45, 2.75) is 45.8 Å². The summed E-state index contributed by atoms with van der Waals surface area (Å²) in [7, 11) is -2.10. The van der Waals surface area contributed by atoms with Crippen molar-refractivity contribution in [2.24, 2.45) is 5.73 Å². The van der Waals surface area contributed by atoms with Crippen LogP contribution in [0, 0.1) is 0 Å². The molecule has 0 aromatic rings. The Hall–Kier alpha value is 0.0569. The van der Waals surface area contributed by atoms with Gasteiger partial charge in [0.25, 0.3) is 0 Å². The first-order valence-electron chi connectivity index (χ1n) is 6.41. The maximum Gasteiger partial charge on any atom is 0.355 e. The van der Waals surface area contributed by atoms with Crippen LogP contribution < -0.4 is 11.1 Å². The number of rotatable bonds is 10. The van der Waals surface area contributed by atoms with E-state index in [0.29, 0.717) is 12.2 Å². The predicted octanol–water partition coefficient (Wildman–Crippen LogP) is 1.39. The zero-order valence-corrected chi connectivity index (χ0v) is 12.2. The van der Waals surface area contributed by atoms with E-state index in [-0.39, 0.29) is 0 Å². The van der Waals surface area contributed by atoms with Gasteiger partial charge in [-0.15, -0.1) is 0 Å². The Bertz CT molecular complexity index is 164. The zero-order valence-electron chi connectivity index (χ0n) is 11.2. The quantitative estimate of drug-likeness (QED) is 0.574. The van der Waals surface area contributed by atoms with Crippen LogP contribution in [-0.4, -0.2) is 40.5 Å². The number of hydrogen-bond acceptors (Lipinski definition) is 4. The van der Waals surface area contributed by atoms with Gasteiger partial charge < -0.3 is 19.9 Å². The number of nitrogens with one attached hydrogen (secondary N) is 1. The van der Waals surface area contributed by atoms with Gasteiger partial charge in [-0.3, -0.25) is 0 Å². The highest BCUT2D eigenvalue weighted by Crippen LogP contribution is 2.20. The number of nitrogens with two attached hydrogens (primary N) is 1. The summed E-state index contributed by atoms with van der Waals surface area (Å²) < 4.78 is 12.0. The summed E-state index contributed by atoms with van der Waals surface area (Å²) in [5.41, 5.74) is 5.87. The minimum atomic E-state index is -2.10. The van der Waals surface area contributed by atoms with Crippen molar-refractivity contribution < 1.29 is 8.85 Å². The van der Waals surface area contributed by atoms with E-state index < -0.39 is 8.56 Å². The fourth-order valence-corrected chi connectivity index (χ4v) is 5.49. The summed E-state index contributed by atoms with van der Waals surface area (Å²) in [6, 6.07) is 0.977. The Morgan fingerprint density at radius 2 is 1.69 bits per heavy atom. The molecule has 1 atom stereocenters. The highest BCUT2D eigenvalue weighted by Gasteiger charge is 2.42. The molecule has 0 radical (unpaired) electrons. The lowest BCUT2D eigenvalue weighted by Crippen LogP contribution is -2.59. The average molecular weight is 248 g/mol. The van der Waals surface area contributed by atoms with Gasteiger partial charge in [0, 0.05) is 26.3 Å². The molecule has 0 saturated heterocycles. The molecule has 0 heterocycles. The third kappa shape index (κ3) is 4.51. The molecular weight excluding hydrogens is 220 g/mol. The van der Waals surface area contributed by atoms with Crippen LogP contribution in [0.4, 0.5) is 0 Å². The van der Waals surface area contributed by atoms with Crippen molar-refractivity contribution in [3.05, 3.63) is 0 Å². The van der Waals surface area contributed by atoms with Crippen LogP contribution >= 0.6 is 0 Å². The summed E-state index contributed by atoms with van der Waals surface area (Å²) in [5.74, 6) is 0. The molecule has 3 N–H and O–H groups in total. The Labute approximate surface area is 101 Å². The molecule has 5 heteroatoms. The fourth-order valence-electron chi connectivity index (χ4n) is 2.05. The lowest BCUT2D eigenvalue weighted by atomic mass is 10.4. The molecule has 0 bridgehead atoms. The third-order valence-corrected chi connectivity index (χ3v) is 6.96. The van der Waals surface area contributed by atoms with Crippen molar-refractivity contribution >= 4 is 8.56 Å². The molecule has 4 nitrogen and oxygen atoms in total. The van der Waals surface area contributed by atoms with Gasteiger partial charge in [0.1, 0.15) is 0 Å². The Kier molecular flexibility index (Phi) is 9.16. The molecule has 0 spiro atoms. The minimum absolute atomic E-state index is 0.334. The normalized spacial score (nSPS) is 14.1. The second-order valence-corrected chi connectivity index (χ2v) is 7.34. The molecule has 0 aliphatic heterocycles. The van der Waals surface area contributed by atoms with Crippen LogP contribution in [0.25, 0.3) is 0 Å². The number of hydrogen-bond donors (Lipinski definition) is 2. The molecule has 1 unspecified atom stereocenters. The largest absolute Gasteiger partial charge is 0.394 e. The molecule has 0 amide bonds. The van der Waals surface area contributed by atoms with Crippen LogP contribution in [0.1, 0.15) is 34.1 Å². The molecule has 0 fully saturated rings. The lowest BCUT2D eigenvalue weighted by molar-refractivity contribution is 0.167. The molecule has 0 rings (SSSR count). The first-order valence-corrected chi connectivity index (χ1v) is 8.52. The summed E-state index contributed by atoms with van der Waals surface area (Å²) in [5, 5.41) is 3.47. The van der Waals surface area contributed by atoms with Gasteiger partial charge in [-0.1, -0.05) is 13.8 Å². The molecule has 0 aromatic carbocycles. The van der Waals surface area contributed by atoms with E-state index in [1.807, 2.05) is 13.8 Å².